The number of primary amides is 1. The highest BCUT2D eigenvalue weighted by Crippen LogP contribution is 2.42. The molecule has 6 aromatic rings. The molecule has 0 unspecified atom stereocenters. The van der Waals surface area contributed by atoms with Crippen molar-refractivity contribution in [2.45, 2.75) is 55.2 Å². The van der Waals surface area contributed by atoms with Gasteiger partial charge in [-0.2, -0.15) is 0 Å². The number of aryl methyl sites for hydroxylation is 2. The van der Waals surface area contributed by atoms with E-state index in [1.807, 2.05) is 37.3 Å². The van der Waals surface area contributed by atoms with Gasteiger partial charge >= 0.3 is 0 Å². The third-order valence-electron chi connectivity index (χ3n) is 10.2. The summed E-state index contributed by atoms with van der Waals surface area (Å²) in [5, 5.41) is 20.6. The Bertz CT molecular complexity index is 2400. The molecule has 1 aromatic heterocycles. The predicted molar refractivity (Wildman–Crippen MR) is 228 cm³/mol. The molecule has 7 rings (SSSR count). The largest absolute Gasteiger partial charge is 0.506 e. The van der Waals surface area contributed by atoms with Gasteiger partial charge in [-0.3, -0.25) is 14.6 Å². The second-order valence-corrected chi connectivity index (χ2v) is 15.5. The van der Waals surface area contributed by atoms with Crippen molar-refractivity contribution in [2.75, 3.05) is 37.4 Å². The third-order valence-corrected chi connectivity index (χ3v) is 11.2. The van der Waals surface area contributed by atoms with Gasteiger partial charge in [-0.1, -0.05) is 73.6 Å². The van der Waals surface area contributed by atoms with E-state index in [1.165, 1.54) is 17.3 Å². The number of anilines is 3. The van der Waals surface area contributed by atoms with E-state index in [0.717, 1.165) is 81.8 Å². The number of hydrogen-bond acceptors (Lipinski definition) is 9. The molecular formula is C46H47N5O5S. The van der Waals surface area contributed by atoms with Crippen molar-refractivity contribution in [1.29, 1.82) is 0 Å². The molecule has 0 aliphatic carbocycles. The lowest BCUT2D eigenvalue weighted by molar-refractivity contribution is -0.118. The number of pyridine rings is 1. The Labute approximate surface area is 337 Å². The Morgan fingerprint density at radius 2 is 1.75 bits per heavy atom. The maximum atomic E-state index is 12.5. The summed E-state index contributed by atoms with van der Waals surface area (Å²) in [6, 6.07) is 32.6. The molecule has 57 heavy (non-hydrogen) atoms. The van der Waals surface area contributed by atoms with Crippen LogP contribution in [0.5, 0.6) is 17.2 Å². The molecular weight excluding hydrogens is 735 g/mol. The zero-order chi connectivity index (χ0) is 39.9. The van der Waals surface area contributed by atoms with Crippen molar-refractivity contribution in [3.63, 3.8) is 0 Å². The molecule has 0 saturated carbocycles. The quantitative estimate of drug-likeness (QED) is 0.0479. The van der Waals surface area contributed by atoms with Crippen LogP contribution in [0.2, 0.25) is 0 Å². The van der Waals surface area contributed by atoms with Crippen molar-refractivity contribution in [3.05, 3.63) is 126 Å². The summed E-state index contributed by atoms with van der Waals surface area (Å²) in [6.45, 7) is 5.80. The minimum absolute atomic E-state index is 0.0198. The Kier molecular flexibility index (Phi) is 12.3. The molecule has 1 atom stereocenters. The number of fused-ring (bicyclic) bond motifs is 2. The highest BCUT2D eigenvalue weighted by atomic mass is 32.2. The first-order chi connectivity index (χ1) is 27.7. The summed E-state index contributed by atoms with van der Waals surface area (Å²) < 4.78 is 11.1. The van der Waals surface area contributed by atoms with Crippen LogP contribution in [0.1, 0.15) is 59.2 Å². The number of benzene rings is 5. The van der Waals surface area contributed by atoms with Gasteiger partial charge in [0.2, 0.25) is 0 Å². The van der Waals surface area contributed by atoms with Gasteiger partial charge in [0.15, 0.2) is 12.4 Å². The topological polar surface area (TPSA) is 148 Å². The molecule has 0 saturated heterocycles. The monoisotopic (exact) mass is 781 g/mol. The maximum absolute atomic E-state index is 12.5. The number of nitrogens with two attached hydrogens (primary N) is 1. The minimum atomic E-state index is -0.554. The zero-order valence-electron chi connectivity index (χ0n) is 32.4. The van der Waals surface area contributed by atoms with Crippen LogP contribution < -0.4 is 31.2 Å². The van der Waals surface area contributed by atoms with Crippen LogP contribution in [0.15, 0.2) is 113 Å². The number of aromatic hydroxyl groups is 1. The molecule has 0 fully saturated rings. The first-order valence-corrected chi connectivity index (χ1v) is 20.0. The molecule has 5 aromatic carbocycles. The highest BCUT2D eigenvalue weighted by molar-refractivity contribution is 7.99. The number of aromatic nitrogens is 1. The number of hydrogen-bond donors (Lipinski definition) is 5. The standard InChI is InChI=1S/C46H47N5O5S/c1-28-22-36(24-38-42(28)49-26-39(46(47)54)43(38)50-33-9-7-10-34(23-33)55-3)57-35-17-15-32(16-18-35)31-13-11-30(12-14-31)8-5-4-6-21-48-25-29(2)37-19-20-40(52)44-45(37)56-27-41(53)51-44/h7,9-20,22-24,26,29,48,52H,4-6,8,21,25,27H2,1-3H3,(H2,47,54)(H,49,50)(H,51,53)/t29-/m0/s1. The van der Waals surface area contributed by atoms with E-state index in [1.54, 1.807) is 24.9 Å². The summed E-state index contributed by atoms with van der Waals surface area (Å²) in [5.74, 6) is 0.634. The zero-order valence-corrected chi connectivity index (χ0v) is 33.2. The number of nitrogens with zero attached hydrogens (tertiary/aromatic N) is 1. The first kappa shape index (κ1) is 39.2. The second kappa shape index (κ2) is 17.8. The van der Waals surface area contributed by atoms with E-state index in [4.69, 9.17) is 15.2 Å². The molecule has 11 heteroatoms. The fraction of sp³-hybridized carbons (Fsp3) is 0.239. The smallest absolute Gasteiger partial charge is 0.262 e. The summed E-state index contributed by atoms with van der Waals surface area (Å²) in [6.07, 6.45) is 5.91. The SMILES string of the molecule is COc1cccc(Nc2c(C(N)=O)cnc3c(C)cc(Sc4ccc(-c5ccc(CCCCCNC[C@H](C)c6ccc(O)c7c6OCC(=O)N7)cc5)cc4)cc23)c1. The van der Waals surface area contributed by atoms with Gasteiger partial charge in [0.25, 0.3) is 11.8 Å². The lowest BCUT2D eigenvalue weighted by atomic mass is 9.98. The van der Waals surface area contributed by atoms with E-state index in [-0.39, 0.29) is 24.2 Å². The fourth-order valence-corrected chi connectivity index (χ4v) is 8.10. The van der Waals surface area contributed by atoms with Crippen LogP contribution in [-0.4, -0.2) is 48.7 Å². The van der Waals surface area contributed by atoms with Crippen molar-refractivity contribution >= 4 is 51.5 Å². The van der Waals surface area contributed by atoms with Crippen LogP contribution in [-0.2, 0) is 11.2 Å². The number of carbonyl (C=O) groups is 2. The normalized spacial score (nSPS) is 12.7. The van der Waals surface area contributed by atoms with Crippen LogP contribution >= 0.6 is 11.8 Å². The van der Waals surface area contributed by atoms with Gasteiger partial charge in [0, 0.05) is 45.2 Å². The summed E-state index contributed by atoms with van der Waals surface area (Å²) in [4.78, 5) is 30.9. The van der Waals surface area contributed by atoms with Crippen LogP contribution in [0.4, 0.5) is 17.1 Å². The molecule has 1 aliphatic heterocycles. The predicted octanol–water partition coefficient (Wildman–Crippen LogP) is 9.36. The number of unbranched alkanes of at least 4 members (excludes halogenated alkanes) is 2. The molecule has 1 aliphatic rings. The number of methoxy groups -OCH3 is 1. The van der Waals surface area contributed by atoms with Gasteiger partial charge in [-0.05, 0) is 103 Å². The molecule has 0 bridgehead atoms. The van der Waals surface area contributed by atoms with Gasteiger partial charge in [-0.15, -0.1) is 0 Å². The first-order valence-electron chi connectivity index (χ1n) is 19.2. The second-order valence-electron chi connectivity index (χ2n) is 14.4. The lowest BCUT2D eigenvalue weighted by Crippen LogP contribution is -2.27. The summed E-state index contributed by atoms with van der Waals surface area (Å²) in [5.41, 5.74) is 14.3. The molecule has 10 nitrogen and oxygen atoms in total. The van der Waals surface area contributed by atoms with E-state index < -0.39 is 5.91 Å². The fourth-order valence-electron chi connectivity index (χ4n) is 7.14. The summed E-state index contributed by atoms with van der Waals surface area (Å²) >= 11 is 1.66. The molecule has 292 valence electrons. The Balaban J connectivity index is 0.910. The van der Waals surface area contributed by atoms with E-state index in [0.29, 0.717) is 28.4 Å². The number of rotatable bonds is 16. The Hall–Kier alpha value is -6.04. The van der Waals surface area contributed by atoms with Crippen molar-refractivity contribution < 1.29 is 24.2 Å². The summed E-state index contributed by atoms with van der Waals surface area (Å²) in [7, 11) is 1.62. The van der Waals surface area contributed by atoms with E-state index >= 15 is 0 Å². The molecule has 2 amide bonds. The Morgan fingerprint density at radius 1 is 0.982 bits per heavy atom. The van der Waals surface area contributed by atoms with Crippen LogP contribution in [0.3, 0.4) is 0 Å². The van der Waals surface area contributed by atoms with Gasteiger partial charge < -0.3 is 36.3 Å². The third kappa shape index (κ3) is 9.33. The van der Waals surface area contributed by atoms with Gasteiger partial charge in [-0.25, -0.2) is 0 Å². The number of carbonyl (C=O) groups excluding carboxylic acids is 2. The van der Waals surface area contributed by atoms with Crippen molar-refractivity contribution in [2.24, 2.45) is 5.73 Å². The number of phenolic OH excluding ortho intramolecular Hbond substituents is 1. The van der Waals surface area contributed by atoms with Gasteiger partial charge in [0.1, 0.15) is 17.2 Å². The minimum Gasteiger partial charge on any atom is -0.506 e. The van der Waals surface area contributed by atoms with E-state index in [9.17, 15) is 14.7 Å². The number of phenols is 1. The average molecular weight is 782 g/mol. The average Bonchev–Trinajstić information content (AvgIpc) is 3.21. The van der Waals surface area contributed by atoms with E-state index in [2.05, 4.69) is 88.5 Å². The van der Waals surface area contributed by atoms with Crippen LogP contribution in [0, 0.1) is 6.92 Å². The molecule has 6 N–H and O–H groups in total. The van der Waals surface area contributed by atoms with Crippen LogP contribution in [0.25, 0.3) is 22.0 Å². The Morgan fingerprint density at radius 3 is 2.51 bits per heavy atom. The number of nitrogens with one attached hydrogen (secondary N) is 3. The number of amides is 2. The van der Waals surface area contributed by atoms with Crippen molar-refractivity contribution in [1.82, 2.24) is 10.3 Å². The maximum Gasteiger partial charge on any atom is 0.262 e. The molecule has 2 heterocycles. The lowest BCUT2D eigenvalue weighted by Gasteiger charge is -2.24. The van der Waals surface area contributed by atoms with Gasteiger partial charge in [0.05, 0.1) is 23.9 Å². The molecule has 0 spiro atoms. The molecule has 0 radical (unpaired) electrons. The van der Waals surface area contributed by atoms with Crippen molar-refractivity contribution in [3.8, 4) is 28.4 Å². The number of ether oxygens (including phenoxy) is 2. The highest BCUT2D eigenvalue weighted by Gasteiger charge is 2.25.